The van der Waals surface area contributed by atoms with Gasteiger partial charge in [0.1, 0.15) is 0 Å². The predicted molar refractivity (Wildman–Crippen MR) is 55.5 cm³/mol. The average Bonchev–Trinajstić information content (AvgIpc) is 2.20. The number of aryl methyl sites for hydroxylation is 1. The first-order valence-corrected chi connectivity index (χ1v) is 4.22. The van der Waals surface area contributed by atoms with Crippen molar-refractivity contribution in [3.63, 3.8) is 0 Å². The normalized spacial score (nSPS) is 8.33. The van der Waals surface area contributed by atoms with Crippen LogP contribution in [0.4, 0.5) is 5.69 Å². The maximum absolute atomic E-state index is 4.50. The zero-order valence-corrected chi connectivity index (χ0v) is 8.09. The fourth-order valence-corrected chi connectivity index (χ4v) is 1.07. The lowest BCUT2D eigenvalue weighted by Crippen LogP contribution is -1.92. The van der Waals surface area contributed by atoms with Crippen LogP contribution in [0.25, 0.3) is 0 Å². The number of anilines is 1. The second kappa shape index (κ2) is 6.68. The molecule has 0 aliphatic rings. The number of benzene rings is 1. The molecule has 3 N–H and O–H groups in total. The van der Waals surface area contributed by atoms with Crippen LogP contribution in [0.3, 0.4) is 0 Å². The summed E-state index contributed by atoms with van der Waals surface area (Å²) < 4.78 is 0. The number of nitrogens with one attached hydrogen (secondary N) is 1. The third-order valence-corrected chi connectivity index (χ3v) is 1.67. The highest BCUT2D eigenvalue weighted by Gasteiger charge is 1.93. The van der Waals surface area contributed by atoms with E-state index in [2.05, 4.69) is 36.2 Å². The zero-order valence-electron chi connectivity index (χ0n) is 8.09. The van der Waals surface area contributed by atoms with Crippen LogP contribution in [0.1, 0.15) is 12.5 Å². The van der Waals surface area contributed by atoms with Gasteiger partial charge in [-0.2, -0.15) is 0 Å². The number of hydrogen-bond acceptors (Lipinski definition) is 2. The molecule has 0 atom stereocenters. The van der Waals surface area contributed by atoms with Gasteiger partial charge < -0.3 is 11.1 Å². The monoisotopic (exact) mass is 166 g/mol. The summed E-state index contributed by atoms with van der Waals surface area (Å²) in [5.41, 5.74) is 7.12. The Bertz CT molecular complexity index is 186. The summed E-state index contributed by atoms with van der Waals surface area (Å²) >= 11 is 0. The minimum absolute atomic E-state index is 1.09. The van der Waals surface area contributed by atoms with Gasteiger partial charge in [-0.3, -0.25) is 0 Å². The second-order valence-corrected chi connectivity index (χ2v) is 2.26. The molecule has 0 saturated heterocycles. The smallest absolute Gasteiger partial charge is 0.0370 e. The van der Waals surface area contributed by atoms with Crippen molar-refractivity contribution < 1.29 is 0 Å². The van der Waals surface area contributed by atoms with E-state index in [1.165, 1.54) is 18.3 Å². The predicted octanol–water partition coefficient (Wildman–Crippen LogP) is 1.87. The Balaban J connectivity index is 0.000000561. The van der Waals surface area contributed by atoms with Crippen molar-refractivity contribution in [2.24, 2.45) is 5.73 Å². The Morgan fingerprint density at radius 1 is 1.25 bits per heavy atom. The van der Waals surface area contributed by atoms with E-state index in [-0.39, 0.29) is 0 Å². The molecule has 12 heavy (non-hydrogen) atoms. The van der Waals surface area contributed by atoms with E-state index in [1.54, 1.807) is 0 Å². The Morgan fingerprint density at radius 2 is 1.83 bits per heavy atom. The summed E-state index contributed by atoms with van der Waals surface area (Å²) in [6.45, 7) is 2.16. The molecule has 0 spiro atoms. The van der Waals surface area contributed by atoms with Crippen molar-refractivity contribution in [3.05, 3.63) is 29.8 Å². The highest BCUT2D eigenvalue weighted by Crippen LogP contribution is 2.13. The molecule has 1 aromatic carbocycles. The minimum atomic E-state index is 1.09. The topological polar surface area (TPSA) is 38.0 Å². The number of rotatable bonds is 2. The molecular weight excluding hydrogens is 148 g/mol. The van der Waals surface area contributed by atoms with Crippen molar-refractivity contribution in [2.75, 3.05) is 19.4 Å². The van der Waals surface area contributed by atoms with Gasteiger partial charge in [0.05, 0.1) is 0 Å². The van der Waals surface area contributed by atoms with Gasteiger partial charge >= 0.3 is 0 Å². The van der Waals surface area contributed by atoms with Gasteiger partial charge in [0.25, 0.3) is 0 Å². The van der Waals surface area contributed by atoms with Gasteiger partial charge in [0, 0.05) is 12.7 Å². The first kappa shape index (κ1) is 11.0. The van der Waals surface area contributed by atoms with Crippen LogP contribution in [0.15, 0.2) is 24.3 Å². The van der Waals surface area contributed by atoms with Crippen LogP contribution in [-0.4, -0.2) is 14.1 Å². The van der Waals surface area contributed by atoms with E-state index in [4.69, 9.17) is 0 Å². The van der Waals surface area contributed by atoms with Crippen LogP contribution in [0, 0.1) is 0 Å². The maximum atomic E-state index is 4.50. The minimum Gasteiger partial charge on any atom is -0.388 e. The van der Waals surface area contributed by atoms with Crippen molar-refractivity contribution in [1.82, 2.24) is 0 Å². The van der Waals surface area contributed by atoms with Crippen molar-refractivity contribution >= 4 is 5.69 Å². The Labute approximate surface area is 74.8 Å². The lowest BCUT2D eigenvalue weighted by Gasteiger charge is -2.04. The standard InChI is InChI=1S/C9H13N.CH5N/c1-3-8-6-4-5-7-9(8)10-2;1-2/h4-7,10H,3H2,1-2H3;2H2,1H3. The third kappa shape index (κ3) is 2.93. The molecule has 0 aromatic heterocycles. The first-order chi connectivity index (χ1) is 5.88. The molecule has 1 rings (SSSR count). The van der Waals surface area contributed by atoms with Crippen LogP contribution in [0.5, 0.6) is 0 Å². The number of para-hydroxylation sites is 1. The van der Waals surface area contributed by atoms with Crippen LogP contribution in [-0.2, 0) is 6.42 Å². The zero-order chi connectivity index (χ0) is 9.40. The lowest BCUT2D eigenvalue weighted by atomic mass is 10.1. The van der Waals surface area contributed by atoms with E-state index in [0.717, 1.165) is 6.42 Å². The van der Waals surface area contributed by atoms with Crippen LogP contribution < -0.4 is 11.1 Å². The van der Waals surface area contributed by atoms with Crippen molar-refractivity contribution in [3.8, 4) is 0 Å². The Morgan fingerprint density at radius 3 is 2.25 bits per heavy atom. The molecule has 0 radical (unpaired) electrons. The summed E-state index contributed by atoms with van der Waals surface area (Å²) in [4.78, 5) is 0. The fraction of sp³-hybridized carbons (Fsp3) is 0.400. The van der Waals surface area contributed by atoms with Crippen LogP contribution in [0.2, 0.25) is 0 Å². The van der Waals surface area contributed by atoms with E-state index in [1.807, 2.05) is 13.1 Å². The fourth-order valence-electron chi connectivity index (χ4n) is 1.07. The largest absolute Gasteiger partial charge is 0.388 e. The Hall–Kier alpha value is -1.02. The van der Waals surface area contributed by atoms with Gasteiger partial charge in [-0.1, -0.05) is 25.1 Å². The highest BCUT2D eigenvalue weighted by atomic mass is 14.8. The molecular formula is C10H18N2. The number of nitrogens with two attached hydrogens (primary N) is 1. The van der Waals surface area contributed by atoms with Crippen molar-refractivity contribution in [2.45, 2.75) is 13.3 Å². The van der Waals surface area contributed by atoms with Gasteiger partial charge in [0.2, 0.25) is 0 Å². The average molecular weight is 166 g/mol. The molecule has 2 heteroatoms. The molecule has 0 unspecified atom stereocenters. The van der Waals surface area contributed by atoms with Crippen molar-refractivity contribution in [1.29, 1.82) is 0 Å². The van der Waals surface area contributed by atoms with Gasteiger partial charge in [-0.25, -0.2) is 0 Å². The quantitative estimate of drug-likeness (QED) is 0.704. The summed E-state index contributed by atoms with van der Waals surface area (Å²) in [6, 6.07) is 8.36. The molecule has 0 amide bonds. The van der Waals surface area contributed by atoms with Gasteiger partial charge in [-0.15, -0.1) is 0 Å². The molecule has 1 aromatic rings. The summed E-state index contributed by atoms with van der Waals surface area (Å²) in [6.07, 6.45) is 1.09. The molecule has 0 bridgehead atoms. The maximum Gasteiger partial charge on any atom is 0.0370 e. The molecule has 0 aliphatic heterocycles. The lowest BCUT2D eigenvalue weighted by molar-refractivity contribution is 1.14. The third-order valence-electron chi connectivity index (χ3n) is 1.67. The van der Waals surface area contributed by atoms with Gasteiger partial charge in [0.15, 0.2) is 0 Å². The van der Waals surface area contributed by atoms with Gasteiger partial charge in [-0.05, 0) is 25.1 Å². The molecule has 0 heterocycles. The van der Waals surface area contributed by atoms with E-state index >= 15 is 0 Å². The SMILES string of the molecule is CCc1ccccc1NC.CN. The summed E-state index contributed by atoms with van der Waals surface area (Å²) in [7, 11) is 3.45. The molecule has 68 valence electrons. The van der Waals surface area contributed by atoms with E-state index in [9.17, 15) is 0 Å². The van der Waals surface area contributed by atoms with E-state index in [0.29, 0.717) is 0 Å². The summed E-state index contributed by atoms with van der Waals surface area (Å²) in [5.74, 6) is 0. The molecule has 0 fully saturated rings. The first-order valence-electron chi connectivity index (χ1n) is 4.22. The second-order valence-electron chi connectivity index (χ2n) is 2.26. The van der Waals surface area contributed by atoms with E-state index < -0.39 is 0 Å². The van der Waals surface area contributed by atoms with Crippen LogP contribution >= 0.6 is 0 Å². The summed E-state index contributed by atoms with van der Waals surface area (Å²) in [5, 5.41) is 3.15. The number of hydrogen-bond donors (Lipinski definition) is 2. The highest BCUT2D eigenvalue weighted by molar-refractivity contribution is 5.50. The molecule has 0 aliphatic carbocycles. The Kier molecular flexibility index (Phi) is 6.11. The molecule has 0 saturated carbocycles. The molecule has 2 nitrogen and oxygen atoms in total.